The molecular weight excluding hydrogens is 784 g/mol. The summed E-state index contributed by atoms with van der Waals surface area (Å²) < 4.78 is 38.7. The van der Waals surface area contributed by atoms with E-state index < -0.39 is 5.82 Å². The third-order valence-electron chi connectivity index (χ3n) is 4.77. The zero-order valence-electron chi connectivity index (χ0n) is 23.0. The first-order valence-corrected chi connectivity index (χ1v) is 14.9. The molecule has 4 aromatic rings. The van der Waals surface area contributed by atoms with Gasteiger partial charge in [-0.3, -0.25) is 0 Å². The Morgan fingerprint density at radius 2 is 1.27 bits per heavy atom. The molecule has 2 aromatic heterocycles. The predicted molar refractivity (Wildman–Crippen MR) is 166 cm³/mol. The standard InChI is InChI=1S/C12H8BrClFNO.C7H6ClFO.C5H3Br2N.C4H8O.Na.H/c13-11-2-1-3-12(16-11)17-7-8-4-5-9(14)6-10(8)15;8-6-2-1-5(4-10)7(9)3-6;6-4-2-1-3-5(7)8-4;1-2-4-5-3-1;;/h1-6H,7H2;1-3,10H,4H2;1-3H;1-4H2;;/q;;;;+1;-1. The van der Waals surface area contributed by atoms with Crippen molar-refractivity contribution in [1.82, 2.24) is 9.97 Å². The number of hydrogen-bond acceptors (Lipinski definition) is 5. The van der Waals surface area contributed by atoms with Gasteiger partial charge in [0.05, 0.1) is 6.61 Å². The van der Waals surface area contributed by atoms with Crippen LogP contribution in [0.4, 0.5) is 8.78 Å². The minimum absolute atomic E-state index is 0. The Hall–Kier alpha value is -0.660. The number of aromatic nitrogens is 2. The molecule has 1 aliphatic heterocycles. The van der Waals surface area contributed by atoms with E-state index in [0.717, 1.165) is 22.4 Å². The SMILES string of the molecule is Brc1cccc(Br)n1.C1CCOC1.Fc1cc(Cl)ccc1COc1cccc(Br)n1.OCc1ccc(Cl)cc1F.[H-].[Na+]. The van der Waals surface area contributed by atoms with Gasteiger partial charge >= 0.3 is 29.6 Å². The van der Waals surface area contributed by atoms with Crippen LogP contribution in [0.5, 0.6) is 5.88 Å². The number of hydrogen-bond donors (Lipinski definition) is 1. The molecule has 0 unspecified atom stereocenters. The maximum Gasteiger partial charge on any atom is 1.00 e. The smallest absolute Gasteiger partial charge is 1.00 e. The first kappa shape index (κ1) is 38.4. The number of rotatable bonds is 4. The van der Waals surface area contributed by atoms with Crippen LogP contribution in [-0.2, 0) is 18.0 Å². The van der Waals surface area contributed by atoms with Crippen molar-refractivity contribution < 1.29 is 54.3 Å². The van der Waals surface area contributed by atoms with Gasteiger partial charge in [0.2, 0.25) is 5.88 Å². The fourth-order valence-electron chi connectivity index (χ4n) is 2.80. The van der Waals surface area contributed by atoms with Crippen LogP contribution in [0.1, 0.15) is 25.4 Å². The molecule has 0 bridgehead atoms. The number of aliphatic hydroxyl groups is 1. The van der Waals surface area contributed by atoms with Crippen molar-refractivity contribution in [2.45, 2.75) is 26.1 Å². The maximum atomic E-state index is 13.4. The summed E-state index contributed by atoms with van der Waals surface area (Å²) >= 11 is 20.8. The summed E-state index contributed by atoms with van der Waals surface area (Å²) in [7, 11) is 0. The molecule has 216 valence electrons. The van der Waals surface area contributed by atoms with Crippen molar-refractivity contribution in [2.75, 3.05) is 13.2 Å². The van der Waals surface area contributed by atoms with Gasteiger partial charge in [-0.1, -0.05) is 47.5 Å². The third kappa shape index (κ3) is 16.7. The Morgan fingerprint density at radius 3 is 1.66 bits per heavy atom. The molecular formula is C28H26Br3Cl2F2N2NaO3. The first-order chi connectivity index (χ1) is 19.2. The molecule has 0 amide bonds. The van der Waals surface area contributed by atoms with E-state index in [2.05, 4.69) is 57.8 Å². The Labute approximate surface area is 297 Å². The molecule has 13 heteroatoms. The largest absolute Gasteiger partial charge is 1.00 e. The molecule has 0 atom stereocenters. The van der Waals surface area contributed by atoms with Crippen LogP contribution in [0.25, 0.3) is 0 Å². The topological polar surface area (TPSA) is 64.5 Å². The molecule has 0 saturated carbocycles. The molecule has 1 fully saturated rings. The summed E-state index contributed by atoms with van der Waals surface area (Å²) in [6, 6.07) is 19.6. The number of halogens is 7. The zero-order valence-corrected chi connectivity index (χ0v) is 30.2. The number of ether oxygens (including phenoxy) is 2. The van der Waals surface area contributed by atoms with Crippen LogP contribution >= 0.6 is 71.0 Å². The van der Waals surface area contributed by atoms with Gasteiger partial charge in [-0.05, 0) is 103 Å². The second-order valence-corrected chi connectivity index (χ2v) is 11.1. The first-order valence-electron chi connectivity index (χ1n) is 11.8. The molecule has 1 aliphatic rings. The predicted octanol–water partition coefficient (Wildman–Crippen LogP) is 6.71. The van der Waals surface area contributed by atoms with Crippen LogP contribution in [0.2, 0.25) is 10.0 Å². The molecule has 1 N–H and O–H groups in total. The van der Waals surface area contributed by atoms with Gasteiger partial charge in [0.15, 0.2) is 0 Å². The van der Waals surface area contributed by atoms with E-state index in [1.807, 2.05) is 18.2 Å². The van der Waals surface area contributed by atoms with E-state index in [0.29, 0.717) is 26.1 Å². The van der Waals surface area contributed by atoms with Gasteiger partial charge in [-0.25, -0.2) is 18.7 Å². The number of aliphatic hydroxyl groups excluding tert-OH is 1. The summed E-state index contributed by atoms with van der Waals surface area (Å²) in [5, 5.41) is 9.24. The fourth-order valence-corrected chi connectivity index (χ4v) is 4.37. The molecule has 2 aromatic carbocycles. The normalized spacial score (nSPS) is 11.4. The van der Waals surface area contributed by atoms with Crippen molar-refractivity contribution in [1.29, 1.82) is 0 Å². The van der Waals surface area contributed by atoms with Gasteiger partial charge in [-0.15, -0.1) is 0 Å². The molecule has 0 spiro atoms. The number of benzene rings is 2. The molecule has 5 rings (SSSR count). The maximum absolute atomic E-state index is 13.4. The number of nitrogens with zero attached hydrogens (tertiary/aromatic N) is 2. The average molecular weight is 810 g/mol. The second-order valence-electron chi connectivity index (χ2n) is 7.82. The Kier molecular flexibility index (Phi) is 20.5. The number of pyridine rings is 2. The van der Waals surface area contributed by atoms with Crippen molar-refractivity contribution in [3.8, 4) is 5.88 Å². The van der Waals surface area contributed by atoms with Crippen LogP contribution in [0.3, 0.4) is 0 Å². The van der Waals surface area contributed by atoms with Gasteiger partial charge in [0, 0.05) is 40.5 Å². The Morgan fingerprint density at radius 1 is 0.780 bits per heavy atom. The monoisotopic (exact) mass is 806 g/mol. The summed E-state index contributed by atoms with van der Waals surface area (Å²) in [5.41, 5.74) is 0.709. The average Bonchev–Trinajstić information content (AvgIpc) is 3.50. The fraction of sp³-hybridized carbons (Fsp3) is 0.214. The van der Waals surface area contributed by atoms with E-state index in [1.165, 1.54) is 37.1 Å². The molecule has 3 heterocycles. The van der Waals surface area contributed by atoms with Gasteiger partial charge in [0.25, 0.3) is 0 Å². The molecule has 0 aliphatic carbocycles. The summed E-state index contributed by atoms with van der Waals surface area (Å²) in [6.07, 6.45) is 2.56. The third-order valence-corrected chi connectivity index (χ3v) is 6.57. The van der Waals surface area contributed by atoms with E-state index in [9.17, 15) is 8.78 Å². The van der Waals surface area contributed by atoms with Crippen LogP contribution in [0, 0.1) is 11.6 Å². The van der Waals surface area contributed by atoms with E-state index in [4.69, 9.17) is 37.8 Å². The minimum atomic E-state index is -0.463. The van der Waals surface area contributed by atoms with Crippen LogP contribution < -0.4 is 34.3 Å². The Balaban J connectivity index is 0.000000575. The summed E-state index contributed by atoms with van der Waals surface area (Å²) in [4.78, 5) is 8.09. The quantitative estimate of drug-likeness (QED) is 0.184. The van der Waals surface area contributed by atoms with Crippen LogP contribution in [0.15, 0.2) is 86.6 Å². The van der Waals surface area contributed by atoms with E-state index >= 15 is 0 Å². The van der Waals surface area contributed by atoms with Gasteiger partial charge in [0.1, 0.15) is 32.1 Å². The van der Waals surface area contributed by atoms with E-state index in [-0.39, 0.29) is 55.6 Å². The zero-order chi connectivity index (χ0) is 29.3. The molecule has 1 saturated heterocycles. The molecule has 41 heavy (non-hydrogen) atoms. The second kappa shape index (κ2) is 21.9. The van der Waals surface area contributed by atoms with Crippen molar-refractivity contribution in [2.24, 2.45) is 0 Å². The van der Waals surface area contributed by atoms with Crippen molar-refractivity contribution in [3.05, 3.63) is 119 Å². The van der Waals surface area contributed by atoms with Crippen LogP contribution in [-0.4, -0.2) is 28.3 Å². The molecule has 0 radical (unpaired) electrons. The van der Waals surface area contributed by atoms with Gasteiger partial charge in [-0.2, -0.15) is 0 Å². The minimum Gasteiger partial charge on any atom is -1.00 e. The van der Waals surface area contributed by atoms with Crippen molar-refractivity contribution in [3.63, 3.8) is 0 Å². The summed E-state index contributed by atoms with van der Waals surface area (Å²) in [5.74, 6) is -0.406. The summed E-state index contributed by atoms with van der Waals surface area (Å²) in [6.45, 7) is 1.83. The van der Waals surface area contributed by atoms with Gasteiger partial charge < -0.3 is 16.0 Å². The Bertz CT molecular complexity index is 1320. The van der Waals surface area contributed by atoms with Crippen molar-refractivity contribution >= 4 is 71.0 Å². The van der Waals surface area contributed by atoms with E-state index in [1.54, 1.807) is 30.3 Å². The molecule has 5 nitrogen and oxygen atoms in total.